The maximum atomic E-state index is 12.9. The van der Waals surface area contributed by atoms with Crippen LogP contribution in [0.4, 0.5) is 0 Å². The lowest BCUT2D eigenvalue weighted by atomic mass is 10.0. The van der Waals surface area contributed by atoms with Gasteiger partial charge in [0.15, 0.2) is 6.10 Å². The van der Waals surface area contributed by atoms with Gasteiger partial charge in [-0.3, -0.25) is 14.4 Å². The van der Waals surface area contributed by atoms with Crippen LogP contribution in [0.2, 0.25) is 0 Å². The van der Waals surface area contributed by atoms with Crippen molar-refractivity contribution in [3.8, 4) is 0 Å². The smallest absolute Gasteiger partial charge is 0.306 e. The molecule has 0 aromatic rings. The molecule has 0 saturated heterocycles. The van der Waals surface area contributed by atoms with Crippen LogP contribution in [-0.4, -0.2) is 37.2 Å². The van der Waals surface area contributed by atoms with Gasteiger partial charge >= 0.3 is 17.9 Å². The molecule has 6 heteroatoms. The first-order chi connectivity index (χ1) is 35.0. The molecule has 0 bridgehead atoms. The number of ether oxygens (including phenoxy) is 3. The lowest BCUT2D eigenvalue weighted by Gasteiger charge is -2.18. The number of carbonyl (C=O) groups is 3. The highest BCUT2D eigenvalue weighted by atomic mass is 16.6. The predicted molar refractivity (Wildman–Crippen MR) is 307 cm³/mol. The Morgan fingerprint density at radius 1 is 0.296 bits per heavy atom. The summed E-state index contributed by atoms with van der Waals surface area (Å²) in [6, 6.07) is 0. The number of esters is 3. The van der Waals surface area contributed by atoms with E-state index >= 15 is 0 Å². The van der Waals surface area contributed by atoms with Gasteiger partial charge in [0.2, 0.25) is 0 Å². The van der Waals surface area contributed by atoms with Crippen LogP contribution < -0.4 is 0 Å². The Morgan fingerprint density at radius 3 is 0.859 bits per heavy atom. The molecule has 0 aromatic heterocycles. The number of rotatable bonds is 57. The molecule has 1 atom stereocenters. The fourth-order valence-electron chi connectivity index (χ4n) is 9.20. The van der Waals surface area contributed by atoms with E-state index in [0.29, 0.717) is 19.3 Å². The third-order valence-corrected chi connectivity index (χ3v) is 13.8. The largest absolute Gasteiger partial charge is 0.462 e. The monoisotopic (exact) mass is 995 g/mol. The summed E-state index contributed by atoms with van der Waals surface area (Å²) >= 11 is 0. The molecule has 0 aliphatic carbocycles. The molecule has 0 heterocycles. The summed E-state index contributed by atoms with van der Waals surface area (Å²) in [6.07, 6.45) is 73.9. The zero-order chi connectivity index (χ0) is 51.4. The zero-order valence-corrected chi connectivity index (χ0v) is 47.5. The maximum Gasteiger partial charge on any atom is 0.306 e. The number of hydrogen-bond donors (Lipinski definition) is 0. The minimum Gasteiger partial charge on any atom is -0.462 e. The van der Waals surface area contributed by atoms with Crippen molar-refractivity contribution >= 4 is 17.9 Å². The van der Waals surface area contributed by atoms with Gasteiger partial charge in [-0.2, -0.15) is 0 Å². The van der Waals surface area contributed by atoms with Crippen molar-refractivity contribution < 1.29 is 28.6 Å². The molecule has 1 unspecified atom stereocenters. The minimum absolute atomic E-state index is 0.0727. The van der Waals surface area contributed by atoms with Gasteiger partial charge in [-0.05, 0) is 57.8 Å². The van der Waals surface area contributed by atoms with Crippen molar-refractivity contribution in [2.75, 3.05) is 13.2 Å². The van der Waals surface area contributed by atoms with Crippen LogP contribution in [0.5, 0.6) is 0 Å². The third-order valence-electron chi connectivity index (χ3n) is 13.8. The van der Waals surface area contributed by atoms with Gasteiger partial charge in [0.25, 0.3) is 0 Å². The van der Waals surface area contributed by atoms with Gasteiger partial charge in [0.05, 0.1) is 0 Å². The van der Waals surface area contributed by atoms with Crippen LogP contribution in [0, 0.1) is 0 Å². The highest BCUT2D eigenvalue weighted by Gasteiger charge is 2.19. The highest BCUT2D eigenvalue weighted by molar-refractivity contribution is 5.71. The zero-order valence-electron chi connectivity index (χ0n) is 47.5. The van der Waals surface area contributed by atoms with E-state index < -0.39 is 6.10 Å². The standard InChI is InChI=1S/C65H118O6/c1-4-7-10-13-16-19-22-25-28-30-32-34-37-40-43-46-49-52-55-58-64(67)70-61-62(60-69-63(66)57-54-51-48-45-42-39-36-27-24-21-18-15-12-9-6-3)71-65(68)59-56-53-50-47-44-41-38-35-33-31-29-26-23-20-17-14-11-8-5-2/h7,10,16,19,25,28,32,34,62H,4-6,8-9,11-15,17-18,20-24,26-27,29-31,33,35-61H2,1-3H3/b10-7-,19-16-,28-25-,34-32-. The molecule has 0 N–H and O–H groups in total. The fraction of sp³-hybridized carbons (Fsp3) is 0.831. The lowest BCUT2D eigenvalue weighted by Crippen LogP contribution is -2.30. The molecule has 0 aliphatic heterocycles. The molecule has 0 radical (unpaired) electrons. The molecular weight excluding hydrogens is 877 g/mol. The fourth-order valence-corrected chi connectivity index (χ4v) is 9.20. The van der Waals surface area contributed by atoms with Crippen LogP contribution >= 0.6 is 0 Å². The van der Waals surface area contributed by atoms with Gasteiger partial charge in [-0.1, -0.05) is 301 Å². The van der Waals surface area contributed by atoms with Crippen LogP contribution in [0.1, 0.15) is 329 Å². The molecule has 0 rings (SSSR count). The summed E-state index contributed by atoms with van der Waals surface area (Å²) in [4.78, 5) is 38.3. The average molecular weight is 996 g/mol. The Morgan fingerprint density at radius 2 is 0.549 bits per heavy atom. The first kappa shape index (κ1) is 68.4. The first-order valence-corrected chi connectivity index (χ1v) is 31.1. The van der Waals surface area contributed by atoms with Gasteiger partial charge in [0.1, 0.15) is 13.2 Å². The summed E-state index contributed by atoms with van der Waals surface area (Å²) in [7, 11) is 0. The Labute approximate surface area is 441 Å². The Kier molecular flexibility index (Phi) is 57.7. The molecule has 0 saturated carbocycles. The van der Waals surface area contributed by atoms with E-state index in [1.807, 2.05) is 0 Å². The predicted octanol–water partition coefficient (Wildman–Crippen LogP) is 21.0. The number of carbonyl (C=O) groups excluding carboxylic acids is 3. The summed E-state index contributed by atoms with van der Waals surface area (Å²) < 4.78 is 16.9. The number of allylic oxidation sites excluding steroid dienone is 8. The third kappa shape index (κ3) is 58.1. The van der Waals surface area contributed by atoms with Crippen LogP contribution in [0.25, 0.3) is 0 Å². The molecule has 0 aliphatic rings. The van der Waals surface area contributed by atoms with Crippen LogP contribution in [-0.2, 0) is 28.6 Å². The quantitative estimate of drug-likeness (QED) is 0.0261. The van der Waals surface area contributed by atoms with Crippen molar-refractivity contribution in [3.05, 3.63) is 48.6 Å². The van der Waals surface area contributed by atoms with Gasteiger partial charge in [-0.25, -0.2) is 0 Å². The molecule has 0 fully saturated rings. The van der Waals surface area contributed by atoms with Gasteiger partial charge < -0.3 is 14.2 Å². The van der Waals surface area contributed by atoms with E-state index in [-0.39, 0.29) is 31.1 Å². The van der Waals surface area contributed by atoms with Crippen molar-refractivity contribution in [1.82, 2.24) is 0 Å². The molecule has 6 nitrogen and oxygen atoms in total. The summed E-state index contributed by atoms with van der Waals surface area (Å²) in [6.45, 7) is 6.57. The second-order valence-electron chi connectivity index (χ2n) is 21.0. The minimum atomic E-state index is -0.776. The van der Waals surface area contributed by atoms with Crippen molar-refractivity contribution in [2.45, 2.75) is 335 Å². The van der Waals surface area contributed by atoms with E-state index in [0.717, 1.165) is 89.9 Å². The topological polar surface area (TPSA) is 78.9 Å². The van der Waals surface area contributed by atoms with Gasteiger partial charge in [0, 0.05) is 19.3 Å². The summed E-state index contributed by atoms with van der Waals surface area (Å²) in [5.41, 5.74) is 0. The van der Waals surface area contributed by atoms with Crippen molar-refractivity contribution in [1.29, 1.82) is 0 Å². The molecule has 414 valence electrons. The molecule has 71 heavy (non-hydrogen) atoms. The van der Waals surface area contributed by atoms with Crippen LogP contribution in [0.3, 0.4) is 0 Å². The van der Waals surface area contributed by atoms with Crippen molar-refractivity contribution in [3.63, 3.8) is 0 Å². The van der Waals surface area contributed by atoms with Crippen molar-refractivity contribution in [2.24, 2.45) is 0 Å². The van der Waals surface area contributed by atoms with Gasteiger partial charge in [-0.15, -0.1) is 0 Å². The lowest BCUT2D eigenvalue weighted by molar-refractivity contribution is -0.167. The first-order valence-electron chi connectivity index (χ1n) is 31.1. The second kappa shape index (κ2) is 59.9. The normalized spacial score (nSPS) is 12.3. The number of unbranched alkanes of at least 4 members (excludes halogenated alkanes) is 38. The van der Waals surface area contributed by atoms with Crippen LogP contribution in [0.15, 0.2) is 48.6 Å². The molecule has 0 spiro atoms. The average Bonchev–Trinajstić information content (AvgIpc) is 3.37. The Bertz CT molecular complexity index is 1230. The van der Waals surface area contributed by atoms with E-state index in [2.05, 4.69) is 69.4 Å². The Balaban J connectivity index is 4.35. The maximum absolute atomic E-state index is 12.9. The molecule has 0 aromatic carbocycles. The summed E-state index contributed by atoms with van der Waals surface area (Å²) in [5, 5.41) is 0. The molecule has 0 amide bonds. The summed E-state index contributed by atoms with van der Waals surface area (Å²) in [5.74, 6) is -0.865. The SMILES string of the molecule is CC/C=C\C/C=C\C/C=C\C/C=C\CCCCCCCCC(=O)OCC(COC(=O)CCCCCCCCCCCCCCCCC)OC(=O)CCCCCCCCCCCCCCCCCCCCC. The number of hydrogen-bond acceptors (Lipinski definition) is 6. The second-order valence-corrected chi connectivity index (χ2v) is 21.0. The van der Waals surface area contributed by atoms with E-state index in [1.54, 1.807) is 0 Å². The van der Waals surface area contributed by atoms with E-state index in [4.69, 9.17) is 14.2 Å². The highest BCUT2D eigenvalue weighted by Crippen LogP contribution is 2.17. The van der Waals surface area contributed by atoms with E-state index in [9.17, 15) is 14.4 Å². The Hall–Kier alpha value is -2.63. The molecular formula is C65H118O6. The van der Waals surface area contributed by atoms with E-state index in [1.165, 1.54) is 199 Å².